The lowest BCUT2D eigenvalue weighted by Gasteiger charge is -2.12. The maximum absolute atomic E-state index is 12.5. The van der Waals surface area contributed by atoms with Gasteiger partial charge in [0.2, 0.25) is 15.9 Å². The van der Waals surface area contributed by atoms with E-state index < -0.39 is 10.0 Å². The molecule has 1 saturated carbocycles. The largest absolute Gasteiger partial charge is 0.495 e. The van der Waals surface area contributed by atoms with Crippen LogP contribution in [0.25, 0.3) is 0 Å². The van der Waals surface area contributed by atoms with Crippen LogP contribution in [0.15, 0.2) is 47.4 Å². The van der Waals surface area contributed by atoms with Crippen molar-refractivity contribution < 1.29 is 22.7 Å². The van der Waals surface area contributed by atoms with Crippen molar-refractivity contribution in [1.82, 2.24) is 10.0 Å². The van der Waals surface area contributed by atoms with E-state index in [1.54, 1.807) is 24.3 Å². The van der Waals surface area contributed by atoms with Crippen molar-refractivity contribution in [2.24, 2.45) is 5.92 Å². The minimum atomic E-state index is -3.86. The van der Waals surface area contributed by atoms with E-state index in [-0.39, 0.29) is 46.5 Å². The Morgan fingerprint density at radius 2 is 1.75 bits per heavy atom. The Balaban J connectivity index is 1.48. The first-order valence-electron chi connectivity index (χ1n) is 10.3. The Bertz CT molecular complexity index is 1070. The summed E-state index contributed by atoms with van der Waals surface area (Å²) in [6.07, 6.45) is 4.00. The van der Waals surface area contributed by atoms with Crippen LogP contribution in [0.5, 0.6) is 5.75 Å². The molecular formula is C22H26ClN3O5S. The smallest absolute Gasteiger partial charge is 0.251 e. The first kappa shape index (κ1) is 24.0. The lowest BCUT2D eigenvalue weighted by Crippen LogP contribution is -2.34. The van der Waals surface area contributed by atoms with Crippen molar-refractivity contribution in [3.05, 3.63) is 53.1 Å². The lowest BCUT2D eigenvalue weighted by molar-refractivity contribution is -0.119. The Kier molecular flexibility index (Phi) is 8.11. The van der Waals surface area contributed by atoms with Gasteiger partial charge >= 0.3 is 0 Å². The summed E-state index contributed by atoms with van der Waals surface area (Å²) in [5.74, 6) is -0.0961. The number of hydrogen-bond acceptors (Lipinski definition) is 5. The summed E-state index contributed by atoms with van der Waals surface area (Å²) in [6, 6.07) is 10.9. The highest BCUT2D eigenvalue weighted by Crippen LogP contribution is 2.27. The van der Waals surface area contributed by atoms with Gasteiger partial charge in [-0.05, 0) is 55.3 Å². The molecule has 1 aliphatic carbocycles. The average molecular weight is 480 g/mol. The van der Waals surface area contributed by atoms with Gasteiger partial charge in [0.15, 0.2) is 0 Å². The topological polar surface area (TPSA) is 114 Å². The van der Waals surface area contributed by atoms with Crippen LogP contribution in [-0.4, -0.2) is 40.4 Å². The molecule has 0 unspecified atom stereocenters. The number of nitrogens with one attached hydrogen (secondary N) is 3. The molecule has 0 aromatic heterocycles. The SMILES string of the molecule is COc1ccc(Cl)cc1S(=O)(=O)NCCNC(=O)c1ccc(NC(=O)C2CCCC2)cc1. The highest BCUT2D eigenvalue weighted by molar-refractivity contribution is 7.89. The van der Waals surface area contributed by atoms with Gasteiger partial charge in [0.25, 0.3) is 5.91 Å². The van der Waals surface area contributed by atoms with Crippen molar-refractivity contribution >= 4 is 39.1 Å². The normalized spacial score (nSPS) is 14.2. The average Bonchev–Trinajstić information content (AvgIpc) is 3.32. The van der Waals surface area contributed by atoms with Crippen molar-refractivity contribution in [1.29, 1.82) is 0 Å². The zero-order valence-corrected chi connectivity index (χ0v) is 19.3. The number of rotatable bonds is 9. The molecule has 2 amide bonds. The van der Waals surface area contributed by atoms with E-state index in [1.165, 1.54) is 25.3 Å². The molecule has 10 heteroatoms. The van der Waals surface area contributed by atoms with Crippen LogP contribution in [0.2, 0.25) is 5.02 Å². The first-order valence-corrected chi connectivity index (χ1v) is 12.2. The lowest BCUT2D eigenvalue weighted by atomic mass is 10.1. The number of halogens is 1. The van der Waals surface area contributed by atoms with Gasteiger partial charge in [0.1, 0.15) is 10.6 Å². The van der Waals surface area contributed by atoms with E-state index in [2.05, 4.69) is 15.4 Å². The summed E-state index contributed by atoms with van der Waals surface area (Å²) in [5, 5.41) is 5.80. The van der Waals surface area contributed by atoms with Gasteiger partial charge < -0.3 is 15.4 Å². The van der Waals surface area contributed by atoms with Crippen molar-refractivity contribution in [3.63, 3.8) is 0 Å². The summed E-state index contributed by atoms with van der Waals surface area (Å²) in [7, 11) is -2.49. The zero-order valence-electron chi connectivity index (χ0n) is 17.7. The first-order chi connectivity index (χ1) is 15.3. The minimum Gasteiger partial charge on any atom is -0.495 e. The summed E-state index contributed by atoms with van der Waals surface area (Å²) in [6.45, 7) is 0.0698. The maximum atomic E-state index is 12.5. The van der Waals surface area contributed by atoms with Crippen LogP contribution in [0.1, 0.15) is 36.0 Å². The second-order valence-corrected chi connectivity index (χ2v) is 9.67. The third-order valence-corrected chi connectivity index (χ3v) is 6.98. The molecule has 0 heterocycles. The highest BCUT2D eigenvalue weighted by Gasteiger charge is 2.23. The maximum Gasteiger partial charge on any atom is 0.251 e. The fourth-order valence-corrected chi connectivity index (χ4v) is 5.00. The van der Waals surface area contributed by atoms with Crippen LogP contribution in [0.4, 0.5) is 5.69 Å². The molecule has 0 radical (unpaired) electrons. The molecule has 0 spiro atoms. The molecule has 3 rings (SSSR count). The van der Waals surface area contributed by atoms with Gasteiger partial charge in [-0.15, -0.1) is 0 Å². The van der Waals surface area contributed by atoms with Crippen molar-refractivity contribution in [2.45, 2.75) is 30.6 Å². The summed E-state index contributed by atoms with van der Waals surface area (Å²) in [4.78, 5) is 24.4. The fourth-order valence-electron chi connectivity index (χ4n) is 3.54. The molecule has 0 atom stereocenters. The Morgan fingerprint density at radius 3 is 2.41 bits per heavy atom. The second-order valence-electron chi connectivity index (χ2n) is 7.50. The van der Waals surface area contributed by atoms with Crippen LogP contribution < -0.4 is 20.1 Å². The predicted molar refractivity (Wildman–Crippen MR) is 123 cm³/mol. The van der Waals surface area contributed by atoms with Gasteiger partial charge in [0.05, 0.1) is 7.11 Å². The minimum absolute atomic E-state index is 0.0146. The Labute approximate surface area is 192 Å². The number of amides is 2. The van der Waals surface area contributed by atoms with Crippen LogP contribution in [0.3, 0.4) is 0 Å². The molecule has 0 aliphatic heterocycles. The third-order valence-electron chi connectivity index (χ3n) is 5.26. The molecule has 8 nitrogen and oxygen atoms in total. The molecule has 2 aromatic carbocycles. The van der Waals surface area contributed by atoms with E-state index >= 15 is 0 Å². The number of hydrogen-bond donors (Lipinski definition) is 3. The van der Waals surface area contributed by atoms with Gasteiger partial charge in [0, 0.05) is 35.3 Å². The monoisotopic (exact) mass is 479 g/mol. The van der Waals surface area contributed by atoms with E-state index in [1.807, 2.05) is 0 Å². The molecule has 32 heavy (non-hydrogen) atoms. The zero-order chi connectivity index (χ0) is 23.1. The van der Waals surface area contributed by atoms with E-state index in [9.17, 15) is 18.0 Å². The van der Waals surface area contributed by atoms with E-state index in [0.29, 0.717) is 11.3 Å². The molecule has 3 N–H and O–H groups in total. The summed E-state index contributed by atoms with van der Waals surface area (Å²) >= 11 is 5.89. The van der Waals surface area contributed by atoms with Crippen molar-refractivity contribution in [3.8, 4) is 5.75 Å². The molecule has 172 valence electrons. The number of benzene rings is 2. The van der Waals surface area contributed by atoms with E-state index in [4.69, 9.17) is 16.3 Å². The number of carbonyl (C=O) groups is 2. The molecule has 1 fully saturated rings. The van der Waals surface area contributed by atoms with E-state index in [0.717, 1.165) is 25.7 Å². The predicted octanol–water partition coefficient (Wildman–Crippen LogP) is 3.19. The molecule has 1 aliphatic rings. The number of ether oxygens (including phenoxy) is 1. The van der Waals surface area contributed by atoms with Crippen LogP contribution in [-0.2, 0) is 14.8 Å². The van der Waals surface area contributed by atoms with Crippen LogP contribution in [0, 0.1) is 5.92 Å². The molecule has 2 aromatic rings. The third kappa shape index (κ3) is 6.21. The quantitative estimate of drug-likeness (QED) is 0.478. The second kappa shape index (κ2) is 10.8. The van der Waals surface area contributed by atoms with Gasteiger partial charge in [-0.3, -0.25) is 9.59 Å². The standard InChI is InChI=1S/C22H26ClN3O5S/c1-31-19-11-8-17(23)14-20(19)32(29,30)25-13-12-24-21(27)16-6-9-18(10-7-16)26-22(28)15-4-2-3-5-15/h6-11,14-15,25H,2-5,12-13H2,1H3,(H,24,27)(H,26,28). The number of sulfonamides is 1. The number of methoxy groups -OCH3 is 1. The molecule has 0 bridgehead atoms. The van der Waals surface area contributed by atoms with Gasteiger partial charge in [-0.2, -0.15) is 0 Å². The Morgan fingerprint density at radius 1 is 1.06 bits per heavy atom. The number of anilines is 1. The van der Waals surface area contributed by atoms with Crippen molar-refractivity contribution in [2.75, 3.05) is 25.5 Å². The highest BCUT2D eigenvalue weighted by atomic mass is 35.5. The van der Waals surface area contributed by atoms with Crippen LogP contribution >= 0.6 is 11.6 Å². The Hall–Kier alpha value is -2.62. The molecule has 0 saturated heterocycles. The number of carbonyl (C=O) groups excluding carboxylic acids is 2. The fraction of sp³-hybridized carbons (Fsp3) is 0.364. The summed E-state index contributed by atoms with van der Waals surface area (Å²) < 4.78 is 32.5. The van der Waals surface area contributed by atoms with Gasteiger partial charge in [-0.1, -0.05) is 24.4 Å². The molecular weight excluding hydrogens is 454 g/mol. The van der Waals surface area contributed by atoms with Gasteiger partial charge in [-0.25, -0.2) is 13.1 Å². The summed E-state index contributed by atoms with van der Waals surface area (Å²) in [5.41, 5.74) is 1.05.